The van der Waals surface area contributed by atoms with Gasteiger partial charge >= 0.3 is 5.97 Å². The van der Waals surface area contributed by atoms with Crippen LogP contribution in [0.2, 0.25) is 5.02 Å². The van der Waals surface area contributed by atoms with E-state index < -0.39 is 5.97 Å². The third kappa shape index (κ3) is 3.76. The number of carbonyl (C=O) groups excluding carboxylic acids is 1. The minimum absolute atomic E-state index is 0.0760. The van der Waals surface area contributed by atoms with Crippen LogP contribution in [-0.2, 0) is 11.3 Å². The van der Waals surface area contributed by atoms with Crippen molar-refractivity contribution >= 4 is 17.6 Å². The zero-order valence-corrected chi connectivity index (χ0v) is 13.1. The van der Waals surface area contributed by atoms with Crippen LogP contribution in [0, 0.1) is 6.92 Å². The van der Waals surface area contributed by atoms with Gasteiger partial charge in [0.25, 0.3) is 5.89 Å². The molecule has 0 spiro atoms. The number of aromatic nitrogens is 2. The molecule has 0 amide bonds. The van der Waals surface area contributed by atoms with Crippen molar-refractivity contribution < 1.29 is 13.9 Å². The number of hydrogen-bond acceptors (Lipinski definition) is 5. The number of aryl methyl sites for hydroxylation is 1. The summed E-state index contributed by atoms with van der Waals surface area (Å²) in [6.07, 6.45) is 0. The van der Waals surface area contributed by atoms with E-state index in [2.05, 4.69) is 10.2 Å². The van der Waals surface area contributed by atoms with Gasteiger partial charge in [-0.05, 0) is 43.3 Å². The summed E-state index contributed by atoms with van der Waals surface area (Å²) in [4.78, 5) is 12.0. The minimum atomic E-state index is -0.431. The zero-order valence-electron chi connectivity index (χ0n) is 12.3. The minimum Gasteiger partial charge on any atom is -0.452 e. The third-order valence-electron chi connectivity index (χ3n) is 3.14. The van der Waals surface area contributed by atoms with Crippen LogP contribution in [0.1, 0.15) is 21.8 Å². The monoisotopic (exact) mass is 328 g/mol. The molecule has 0 saturated carbocycles. The molecule has 0 bridgehead atoms. The van der Waals surface area contributed by atoms with Crippen LogP contribution < -0.4 is 0 Å². The maximum absolute atomic E-state index is 12.0. The molecule has 0 atom stereocenters. The quantitative estimate of drug-likeness (QED) is 0.676. The van der Waals surface area contributed by atoms with Crippen LogP contribution in [0.5, 0.6) is 0 Å². The lowest BCUT2D eigenvalue weighted by Gasteiger charge is -2.02. The van der Waals surface area contributed by atoms with Crippen LogP contribution in [0.3, 0.4) is 0 Å². The third-order valence-corrected chi connectivity index (χ3v) is 3.39. The van der Waals surface area contributed by atoms with Crippen LogP contribution in [-0.4, -0.2) is 16.2 Å². The van der Waals surface area contributed by atoms with E-state index in [0.29, 0.717) is 16.5 Å². The summed E-state index contributed by atoms with van der Waals surface area (Å²) in [5.41, 5.74) is 2.22. The van der Waals surface area contributed by atoms with Crippen molar-refractivity contribution in [3.8, 4) is 11.5 Å². The smallest absolute Gasteiger partial charge is 0.338 e. The highest BCUT2D eigenvalue weighted by Gasteiger charge is 2.12. The first kappa shape index (κ1) is 15.2. The number of esters is 1. The molecular weight excluding hydrogens is 316 g/mol. The zero-order chi connectivity index (χ0) is 16.2. The summed E-state index contributed by atoms with van der Waals surface area (Å²) in [5, 5.41) is 8.43. The fourth-order valence-corrected chi connectivity index (χ4v) is 2.13. The molecule has 1 heterocycles. The summed E-state index contributed by atoms with van der Waals surface area (Å²) < 4.78 is 10.7. The number of halogens is 1. The Hall–Kier alpha value is -2.66. The van der Waals surface area contributed by atoms with Gasteiger partial charge in [-0.3, -0.25) is 0 Å². The van der Waals surface area contributed by atoms with Gasteiger partial charge in [-0.15, -0.1) is 10.2 Å². The van der Waals surface area contributed by atoms with Gasteiger partial charge in [-0.1, -0.05) is 29.3 Å². The van der Waals surface area contributed by atoms with E-state index in [1.165, 1.54) is 0 Å². The van der Waals surface area contributed by atoms with E-state index in [1.54, 1.807) is 42.5 Å². The summed E-state index contributed by atoms with van der Waals surface area (Å²) >= 11 is 5.83. The molecule has 2 aromatic carbocycles. The lowest BCUT2D eigenvalue weighted by atomic mass is 10.1. The molecule has 116 valence electrons. The molecule has 0 saturated heterocycles. The SMILES string of the molecule is Cc1cccc(C(=O)OCc2nnc(-c3ccc(Cl)cc3)o2)c1. The van der Waals surface area contributed by atoms with Gasteiger partial charge in [0, 0.05) is 10.6 Å². The Labute approximate surface area is 137 Å². The molecule has 1 aromatic heterocycles. The van der Waals surface area contributed by atoms with E-state index in [9.17, 15) is 4.79 Å². The molecule has 3 aromatic rings. The first-order valence-electron chi connectivity index (χ1n) is 6.94. The van der Waals surface area contributed by atoms with Gasteiger partial charge in [0.1, 0.15) is 0 Å². The molecule has 6 heteroatoms. The first-order chi connectivity index (χ1) is 11.1. The van der Waals surface area contributed by atoms with Gasteiger partial charge in [-0.2, -0.15) is 0 Å². The first-order valence-corrected chi connectivity index (χ1v) is 7.32. The fraction of sp³-hybridized carbons (Fsp3) is 0.118. The van der Waals surface area contributed by atoms with E-state index in [-0.39, 0.29) is 12.5 Å². The summed E-state index contributed by atoms with van der Waals surface area (Å²) in [5.74, 6) is 0.152. The number of nitrogens with zero attached hydrogens (tertiary/aromatic N) is 2. The van der Waals surface area contributed by atoms with Gasteiger partial charge < -0.3 is 9.15 Å². The Morgan fingerprint density at radius 3 is 2.70 bits per heavy atom. The molecule has 23 heavy (non-hydrogen) atoms. The van der Waals surface area contributed by atoms with Crippen LogP contribution in [0.4, 0.5) is 0 Å². The van der Waals surface area contributed by atoms with Crippen molar-refractivity contribution in [2.24, 2.45) is 0 Å². The van der Waals surface area contributed by atoms with Crippen molar-refractivity contribution in [2.75, 3.05) is 0 Å². The molecule has 5 nitrogen and oxygen atoms in total. The number of rotatable bonds is 4. The van der Waals surface area contributed by atoms with E-state index in [0.717, 1.165) is 11.1 Å². The summed E-state index contributed by atoms with van der Waals surface area (Å²) in [6, 6.07) is 14.2. The summed E-state index contributed by atoms with van der Waals surface area (Å²) in [6.45, 7) is 1.83. The predicted octanol–water partition coefficient (Wildman–Crippen LogP) is 4.06. The van der Waals surface area contributed by atoms with Crippen molar-refractivity contribution in [3.05, 3.63) is 70.6 Å². The Balaban J connectivity index is 1.65. The second-order valence-corrected chi connectivity index (χ2v) is 5.39. The molecule has 0 N–H and O–H groups in total. The van der Waals surface area contributed by atoms with E-state index in [1.807, 2.05) is 13.0 Å². The normalized spacial score (nSPS) is 10.5. The average molecular weight is 329 g/mol. The number of hydrogen-bond donors (Lipinski definition) is 0. The van der Waals surface area contributed by atoms with Gasteiger partial charge in [0.2, 0.25) is 5.89 Å². The lowest BCUT2D eigenvalue weighted by Crippen LogP contribution is -2.05. The van der Waals surface area contributed by atoms with Crippen molar-refractivity contribution in [2.45, 2.75) is 13.5 Å². The Morgan fingerprint density at radius 1 is 1.17 bits per heavy atom. The van der Waals surface area contributed by atoms with Crippen LogP contribution in [0.25, 0.3) is 11.5 Å². The highest BCUT2D eigenvalue weighted by atomic mass is 35.5. The Morgan fingerprint density at radius 2 is 1.96 bits per heavy atom. The molecule has 0 aliphatic rings. The van der Waals surface area contributed by atoms with Crippen LogP contribution in [0.15, 0.2) is 52.9 Å². The van der Waals surface area contributed by atoms with E-state index >= 15 is 0 Å². The standard InChI is InChI=1S/C17H13ClN2O3/c1-11-3-2-4-13(9-11)17(21)22-10-15-19-20-16(23-15)12-5-7-14(18)8-6-12/h2-9H,10H2,1H3. The van der Waals surface area contributed by atoms with Crippen molar-refractivity contribution in [1.29, 1.82) is 0 Å². The number of benzene rings is 2. The molecule has 0 unspecified atom stereocenters. The Bertz CT molecular complexity index is 828. The maximum Gasteiger partial charge on any atom is 0.338 e. The van der Waals surface area contributed by atoms with Gasteiger partial charge in [-0.25, -0.2) is 4.79 Å². The molecular formula is C17H13ClN2O3. The predicted molar refractivity (Wildman–Crippen MR) is 85.0 cm³/mol. The van der Waals surface area contributed by atoms with Gasteiger partial charge in [0.05, 0.1) is 5.56 Å². The highest BCUT2D eigenvalue weighted by molar-refractivity contribution is 6.30. The molecule has 0 radical (unpaired) electrons. The maximum atomic E-state index is 12.0. The molecule has 0 aliphatic heterocycles. The molecule has 0 aliphatic carbocycles. The number of carbonyl (C=O) groups is 1. The average Bonchev–Trinajstić information content (AvgIpc) is 3.02. The number of ether oxygens (including phenoxy) is 1. The van der Waals surface area contributed by atoms with Gasteiger partial charge in [0.15, 0.2) is 6.61 Å². The second kappa shape index (κ2) is 6.62. The lowest BCUT2D eigenvalue weighted by molar-refractivity contribution is 0.0438. The van der Waals surface area contributed by atoms with Crippen LogP contribution >= 0.6 is 11.6 Å². The van der Waals surface area contributed by atoms with Crippen molar-refractivity contribution in [1.82, 2.24) is 10.2 Å². The molecule has 3 rings (SSSR count). The molecule has 0 fully saturated rings. The largest absolute Gasteiger partial charge is 0.452 e. The topological polar surface area (TPSA) is 65.2 Å². The van der Waals surface area contributed by atoms with E-state index in [4.69, 9.17) is 20.8 Å². The highest BCUT2D eigenvalue weighted by Crippen LogP contribution is 2.20. The second-order valence-electron chi connectivity index (χ2n) is 4.95. The Kier molecular flexibility index (Phi) is 4.39. The fourth-order valence-electron chi connectivity index (χ4n) is 2.00. The summed E-state index contributed by atoms with van der Waals surface area (Å²) in [7, 11) is 0. The van der Waals surface area contributed by atoms with Crippen molar-refractivity contribution in [3.63, 3.8) is 0 Å².